The molecule has 1 amide bonds. The number of carbonyl (C=O) groups is 1. The number of nitrogens with zero attached hydrogens (tertiary/aromatic N) is 1. The van der Waals surface area contributed by atoms with Crippen molar-refractivity contribution in [3.63, 3.8) is 0 Å². The number of unbranched alkanes of at least 4 members (excludes halogenated alkanes) is 44. The molecule has 0 rings (SSSR count). The van der Waals surface area contributed by atoms with E-state index in [9.17, 15) is 19.4 Å². The number of likely N-dealkylation sites (N-methyl/N-ethyl adjacent to an activating group) is 1. The van der Waals surface area contributed by atoms with E-state index < -0.39 is 20.0 Å². The molecule has 0 radical (unpaired) electrons. The average molecular weight is 1040 g/mol. The Hall–Kier alpha value is -1.02. The van der Waals surface area contributed by atoms with Crippen LogP contribution in [0, 0.1) is 0 Å². The third-order valence-corrected chi connectivity index (χ3v) is 15.7. The Morgan fingerprint density at radius 1 is 0.458 bits per heavy atom. The Morgan fingerprint density at radius 3 is 1.11 bits per heavy atom. The standard InChI is InChI=1S/C63H125N2O6P/c1-6-8-10-12-14-16-18-20-22-23-24-25-26-27-28-29-30-31-32-33-34-35-36-37-38-39-40-41-43-45-47-49-51-53-55-57-63(67)64-61(60-71-72(68,69)70-59-58-65(3,4)5)62(66)56-54-52-50-48-46-44-42-21-19-17-15-13-11-9-7-2/h46,48,54,56,61-62,66H,6-45,47,49-53,55,57-60H2,1-5H3,(H-,64,67,68,69)/p+1/b48-46+,56-54+. The van der Waals surface area contributed by atoms with E-state index in [0.29, 0.717) is 17.4 Å². The molecule has 0 saturated heterocycles. The molecule has 0 aliphatic carbocycles. The predicted molar refractivity (Wildman–Crippen MR) is 314 cm³/mol. The lowest BCUT2D eigenvalue weighted by atomic mass is 10.0. The third-order valence-electron chi connectivity index (χ3n) is 14.7. The topological polar surface area (TPSA) is 105 Å². The summed E-state index contributed by atoms with van der Waals surface area (Å²) in [7, 11) is 1.57. The van der Waals surface area contributed by atoms with E-state index >= 15 is 0 Å². The number of amides is 1. The highest BCUT2D eigenvalue weighted by atomic mass is 31.2. The Morgan fingerprint density at radius 2 is 0.764 bits per heavy atom. The average Bonchev–Trinajstić information content (AvgIpc) is 3.34. The minimum Gasteiger partial charge on any atom is -0.387 e. The number of carbonyl (C=O) groups excluding carboxylic acids is 1. The van der Waals surface area contributed by atoms with Crippen molar-refractivity contribution in [3.8, 4) is 0 Å². The Kier molecular flexibility index (Phi) is 54.0. The van der Waals surface area contributed by atoms with Crippen LogP contribution in [0.1, 0.15) is 322 Å². The van der Waals surface area contributed by atoms with Gasteiger partial charge in [0.25, 0.3) is 0 Å². The van der Waals surface area contributed by atoms with Crippen LogP contribution in [-0.4, -0.2) is 73.4 Å². The molecule has 3 N–H and O–H groups in total. The summed E-state index contributed by atoms with van der Waals surface area (Å²) in [6.07, 6.45) is 70.4. The van der Waals surface area contributed by atoms with Crippen molar-refractivity contribution in [3.05, 3.63) is 24.3 Å². The molecule has 0 aromatic carbocycles. The molecule has 0 saturated carbocycles. The Bertz CT molecular complexity index is 1220. The maximum absolute atomic E-state index is 13.0. The molecular formula is C63H126N2O6P+. The summed E-state index contributed by atoms with van der Waals surface area (Å²) < 4.78 is 23.7. The van der Waals surface area contributed by atoms with E-state index in [1.807, 2.05) is 27.2 Å². The molecule has 3 unspecified atom stereocenters. The SMILES string of the molecule is CCCCCCCCCCC/C=C/CC/C=C/C(O)C(COP(=O)(O)OCC[N+](C)(C)C)NC(=O)CCCCCCCCCCCCCCCCCCCCCCCCCCCCCCCCCCCCC. The van der Waals surface area contributed by atoms with Crippen LogP contribution in [0.4, 0.5) is 0 Å². The normalized spacial score (nSPS) is 13.9. The second-order valence-electron chi connectivity index (χ2n) is 23.1. The lowest BCUT2D eigenvalue weighted by Crippen LogP contribution is -2.45. The molecule has 9 heteroatoms. The fourth-order valence-corrected chi connectivity index (χ4v) is 10.4. The van der Waals surface area contributed by atoms with Crippen molar-refractivity contribution in [1.29, 1.82) is 0 Å². The van der Waals surface area contributed by atoms with Gasteiger partial charge in [0.05, 0.1) is 39.9 Å². The molecule has 3 atom stereocenters. The number of aliphatic hydroxyl groups excluding tert-OH is 1. The van der Waals surface area contributed by atoms with Crippen molar-refractivity contribution in [2.24, 2.45) is 0 Å². The number of aliphatic hydroxyl groups is 1. The highest BCUT2D eigenvalue weighted by Gasteiger charge is 2.27. The van der Waals surface area contributed by atoms with Crippen LogP contribution in [-0.2, 0) is 18.4 Å². The first-order chi connectivity index (χ1) is 35.0. The molecule has 0 spiro atoms. The van der Waals surface area contributed by atoms with Crippen LogP contribution in [0.3, 0.4) is 0 Å². The van der Waals surface area contributed by atoms with Gasteiger partial charge in [0.1, 0.15) is 13.2 Å². The number of quaternary nitrogens is 1. The smallest absolute Gasteiger partial charge is 0.387 e. The van der Waals surface area contributed by atoms with Crippen molar-refractivity contribution >= 4 is 13.7 Å². The maximum atomic E-state index is 13.0. The predicted octanol–water partition coefficient (Wildman–Crippen LogP) is 19.5. The molecule has 8 nitrogen and oxygen atoms in total. The molecule has 0 aromatic heterocycles. The first kappa shape index (κ1) is 71.0. The zero-order chi connectivity index (χ0) is 52.7. The maximum Gasteiger partial charge on any atom is 0.472 e. The summed E-state index contributed by atoms with van der Waals surface area (Å²) in [5.74, 6) is -0.180. The fraction of sp³-hybridized carbons (Fsp3) is 0.921. The fourth-order valence-electron chi connectivity index (χ4n) is 9.71. The summed E-state index contributed by atoms with van der Waals surface area (Å²) in [5.41, 5.74) is 0. The molecule has 72 heavy (non-hydrogen) atoms. The van der Waals surface area contributed by atoms with Gasteiger partial charge in [-0.1, -0.05) is 308 Å². The summed E-state index contributed by atoms with van der Waals surface area (Å²) >= 11 is 0. The van der Waals surface area contributed by atoms with Crippen LogP contribution < -0.4 is 5.32 Å². The van der Waals surface area contributed by atoms with Crippen molar-refractivity contribution in [1.82, 2.24) is 5.32 Å². The van der Waals surface area contributed by atoms with E-state index in [1.54, 1.807) is 6.08 Å². The van der Waals surface area contributed by atoms with Crippen molar-refractivity contribution < 1.29 is 32.9 Å². The minimum atomic E-state index is -4.35. The molecule has 0 aromatic rings. The molecule has 0 heterocycles. The number of nitrogens with one attached hydrogen (secondary N) is 1. The molecular weight excluding hydrogens is 912 g/mol. The van der Waals surface area contributed by atoms with E-state index in [0.717, 1.165) is 38.5 Å². The summed E-state index contributed by atoms with van der Waals surface area (Å²) in [4.78, 5) is 23.3. The van der Waals surface area contributed by atoms with Gasteiger partial charge in [-0.3, -0.25) is 13.8 Å². The largest absolute Gasteiger partial charge is 0.472 e. The summed E-state index contributed by atoms with van der Waals surface area (Å²) in [5, 5.41) is 13.9. The van der Waals surface area contributed by atoms with Crippen LogP contribution in [0.15, 0.2) is 24.3 Å². The van der Waals surface area contributed by atoms with Crippen molar-refractivity contribution in [2.75, 3.05) is 40.9 Å². The van der Waals surface area contributed by atoms with E-state index in [1.165, 1.54) is 263 Å². The Labute approximate surface area is 449 Å². The van der Waals surface area contributed by atoms with E-state index in [-0.39, 0.29) is 19.1 Å². The zero-order valence-corrected chi connectivity index (χ0v) is 49.8. The minimum absolute atomic E-state index is 0.0587. The van der Waals surface area contributed by atoms with Crippen LogP contribution in [0.25, 0.3) is 0 Å². The van der Waals surface area contributed by atoms with Crippen LogP contribution >= 0.6 is 7.82 Å². The number of hydrogen-bond acceptors (Lipinski definition) is 5. The first-order valence-corrected chi connectivity index (χ1v) is 33.2. The van der Waals surface area contributed by atoms with Crippen LogP contribution in [0.5, 0.6) is 0 Å². The number of allylic oxidation sites excluding steroid dienone is 3. The molecule has 0 bridgehead atoms. The molecule has 0 fully saturated rings. The molecule has 428 valence electrons. The van der Waals surface area contributed by atoms with Crippen molar-refractivity contribution in [2.45, 2.75) is 334 Å². The quantitative estimate of drug-likeness (QED) is 0.0243. The first-order valence-electron chi connectivity index (χ1n) is 31.7. The molecule has 0 aliphatic heterocycles. The monoisotopic (exact) mass is 1040 g/mol. The zero-order valence-electron chi connectivity index (χ0n) is 48.9. The van der Waals surface area contributed by atoms with Gasteiger partial charge in [-0.25, -0.2) is 4.57 Å². The van der Waals surface area contributed by atoms with Crippen LogP contribution in [0.2, 0.25) is 0 Å². The summed E-state index contributed by atoms with van der Waals surface area (Å²) in [6, 6.07) is -0.860. The van der Waals surface area contributed by atoms with E-state index in [4.69, 9.17) is 9.05 Å². The second kappa shape index (κ2) is 54.8. The van der Waals surface area contributed by atoms with Gasteiger partial charge in [0.15, 0.2) is 0 Å². The van der Waals surface area contributed by atoms with Gasteiger partial charge in [-0.15, -0.1) is 0 Å². The Balaban J connectivity index is 3.95. The van der Waals surface area contributed by atoms with Gasteiger partial charge in [-0.05, 0) is 32.1 Å². The lowest BCUT2D eigenvalue weighted by Gasteiger charge is -2.25. The lowest BCUT2D eigenvalue weighted by molar-refractivity contribution is -0.870. The van der Waals surface area contributed by atoms with E-state index in [2.05, 4.69) is 31.3 Å². The number of phosphoric acid groups is 1. The van der Waals surface area contributed by atoms with Gasteiger partial charge in [-0.2, -0.15) is 0 Å². The van der Waals surface area contributed by atoms with Gasteiger partial charge in [0.2, 0.25) is 5.91 Å². The van der Waals surface area contributed by atoms with Gasteiger partial charge < -0.3 is 19.8 Å². The second-order valence-corrected chi connectivity index (χ2v) is 24.6. The number of rotatable bonds is 59. The van der Waals surface area contributed by atoms with Gasteiger partial charge >= 0.3 is 7.82 Å². The molecule has 0 aliphatic rings. The third kappa shape index (κ3) is 56.7. The number of phosphoric ester groups is 1. The summed E-state index contributed by atoms with van der Waals surface area (Å²) in [6.45, 7) is 4.83. The number of hydrogen-bond donors (Lipinski definition) is 3. The highest BCUT2D eigenvalue weighted by molar-refractivity contribution is 7.47. The van der Waals surface area contributed by atoms with Gasteiger partial charge in [0, 0.05) is 6.42 Å². The highest BCUT2D eigenvalue weighted by Crippen LogP contribution is 2.43.